The summed E-state index contributed by atoms with van der Waals surface area (Å²) in [5.41, 5.74) is 0.914. The van der Waals surface area contributed by atoms with E-state index in [9.17, 15) is 4.79 Å². The molecule has 0 aliphatic rings. The zero-order valence-corrected chi connectivity index (χ0v) is 9.87. The molecule has 1 aromatic carbocycles. The van der Waals surface area contributed by atoms with Crippen molar-refractivity contribution in [3.63, 3.8) is 0 Å². The Morgan fingerprint density at radius 1 is 1.38 bits per heavy atom. The van der Waals surface area contributed by atoms with Gasteiger partial charge in [-0.25, -0.2) is 0 Å². The lowest BCUT2D eigenvalue weighted by Gasteiger charge is -2.04. The lowest BCUT2D eigenvalue weighted by atomic mass is 10.2. The van der Waals surface area contributed by atoms with Crippen LogP contribution in [-0.2, 0) is 11.3 Å². The van der Waals surface area contributed by atoms with E-state index < -0.39 is 0 Å². The third-order valence-corrected chi connectivity index (χ3v) is 2.33. The molecule has 84 valence electrons. The number of allylic oxidation sites excluding steroid dienone is 3. The summed E-state index contributed by atoms with van der Waals surface area (Å²) in [5.74, 6) is -0.127. The van der Waals surface area contributed by atoms with Gasteiger partial charge in [0.1, 0.15) is 0 Å². The highest BCUT2D eigenvalue weighted by Gasteiger charge is 1.99. The minimum Gasteiger partial charge on any atom is -0.348 e. The van der Waals surface area contributed by atoms with Crippen molar-refractivity contribution >= 4 is 17.5 Å². The van der Waals surface area contributed by atoms with Crippen LogP contribution in [0.1, 0.15) is 12.5 Å². The standard InChI is InChI=1S/C13H14ClNO/c1-2-3-4-9-13(16)15-10-11-7-5-6-8-12(11)14/h2-9H,10H2,1H3,(H,15,16)/b3-2+,9-4+. The Morgan fingerprint density at radius 2 is 2.12 bits per heavy atom. The summed E-state index contributed by atoms with van der Waals surface area (Å²) in [6, 6.07) is 7.44. The molecule has 0 spiro atoms. The van der Waals surface area contributed by atoms with Crippen LogP contribution < -0.4 is 5.32 Å². The van der Waals surface area contributed by atoms with Crippen LogP contribution in [-0.4, -0.2) is 5.91 Å². The first-order valence-electron chi connectivity index (χ1n) is 5.04. The van der Waals surface area contributed by atoms with Gasteiger partial charge in [-0.05, 0) is 18.6 Å². The van der Waals surface area contributed by atoms with E-state index in [4.69, 9.17) is 11.6 Å². The number of carbonyl (C=O) groups excluding carboxylic acids is 1. The second-order valence-electron chi connectivity index (χ2n) is 3.19. The average molecular weight is 236 g/mol. The zero-order valence-electron chi connectivity index (χ0n) is 9.11. The number of rotatable bonds is 4. The summed E-state index contributed by atoms with van der Waals surface area (Å²) < 4.78 is 0. The average Bonchev–Trinajstić information content (AvgIpc) is 2.28. The minimum absolute atomic E-state index is 0.127. The van der Waals surface area contributed by atoms with Gasteiger partial charge in [0.05, 0.1) is 0 Å². The molecule has 0 radical (unpaired) electrons. The monoisotopic (exact) mass is 235 g/mol. The number of hydrogen-bond acceptors (Lipinski definition) is 1. The fourth-order valence-corrected chi connectivity index (χ4v) is 1.34. The van der Waals surface area contributed by atoms with E-state index in [1.165, 1.54) is 6.08 Å². The van der Waals surface area contributed by atoms with Crippen LogP contribution in [0.4, 0.5) is 0 Å². The van der Waals surface area contributed by atoms with Gasteiger partial charge in [0.2, 0.25) is 5.91 Å². The summed E-state index contributed by atoms with van der Waals surface area (Å²) in [4.78, 5) is 11.3. The molecular formula is C13H14ClNO. The predicted octanol–water partition coefficient (Wildman–Crippen LogP) is 3.09. The topological polar surface area (TPSA) is 29.1 Å². The maximum absolute atomic E-state index is 11.3. The van der Waals surface area contributed by atoms with E-state index in [1.54, 1.807) is 18.2 Å². The van der Waals surface area contributed by atoms with Gasteiger partial charge in [-0.15, -0.1) is 0 Å². The fraction of sp³-hybridized carbons (Fsp3) is 0.154. The van der Waals surface area contributed by atoms with Crippen molar-refractivity contribution in [3.8, 4) is 0 Å². The molecule has 0 aliphatic carbocycles. The van der Waals surface area contributed by atoms with Crippen molar-refractivity contribution in [2.45, 2.75) is 13.5 Å². The Hall–Kier alpha value is -1.54. The second-order valence-corrected chi connectivity index (χ2v) is 3.60. The lowest BCUT2D eigenvalue weighted by molar-refractivity contribution is -0.116. The molecule has 0 fully saturated rings. The molecule has 1 N–H and O–H groups in total. The van der Waals surface area contributed by atoms with Gasteiger partial charge in [0, 0.05) is 17.6 Å². The number of nitrogens with one attached hydrogen (secondary N) is 1. The molecule has 1 amide bonds. The molecular weight excluding hydrogens is 222 g/mol. The van der Waals surface area contributed by atoms with E-state index in [0.29, 0.717) is 11.6 Å². The molecule has 0 atom stereocenters. The highest BCUT2D eigenvalue weighted by molar-refractivity contribution is 6.31. The Bertz CT molecular complexity index is 410. The Balaban J connectivity index is 2.46. The Labute approximate surface area is 101 Å². The van der Waals surface area contributed by atoms with E-state index in [0.717, 1.165) is 5.56 Å². The molecule has 16 heavy (non-hydrogen) atoms. The predicted molar refractivity (Wildman–Crippen MR) is 67.3 cm³/mol. The molecule has 0 heterocycles. The van der Waals surface area contributed by atoms with Crippen molar-refractivity contribution < 1.29 is 4.79 Å². The molecule has 0 saturated carbocycles. The van der Waals surface area contributed by atoms with Crippen molar-refractivity contribution in [2.24, 2.45) is 0 Å². The van der Waals surface area contributed by atoms with E-state index in [1.807, 2.05) is 31.2 Å². The quantitative estimate of drug-likeness (QED) is 0.631. The van der Waals surface area contributed by atoms with Crippen LogP contribution in [0.2, 0.25) is 5.02 Å². The zero-order chi connectivity index (χ0) is 11.8. The Kier molecular flexibility index (Phi) is 5.37. The molecule has 0 saturated heterocycles. The van der Waals surface area contributed by atoms with Gasteiger partial charge in [-0.3, -0.25) is 4.79 Å². The van der Waals surface area contributed by atoms with Crippen molar-refractivity contribution in [2.75, 3.05) is 0 Å². The molecule has 0 unspecified atom stereocenters. The maximum Gasteiger partial charge on any atom is 0.244 e. The first-order chi connectivity index (χ1) is 7.74. The molecule has 3 heteroatoms. The van der Waals surface area contributed by atoms with Crippen LogP contribution in [0.15, 0.2) is 48.6 Å². The summed E-state index contributed by atoms with van der Waals surface area (Å²) in [6.07, 6.45) is 6.84. The number of benzene rings is 1. The van der Waals surface area contributed by atoms with E-state index >= 15 is 0 Å². The SMILES string of the molecule is C/C=C/C=C/C(=O)NCc1ccccc1Cl. The first kappa shape index (κ1) is 12.5. The highest BCUT2D eigenvalue weighted by Crippen LogP contribution is 2.14. The summed E-state index contributed by atoms with van der Waals surface area (Å²) in [6.45, 7) is 2.34. The highest BCUT2D eigenvalue weighted by atomic mass is 35.5. The Morgan fingerprint density at radius 3 is 2.81 bits per heavy atom. The van der Waals surface area contributed by atoms with Gasteiger partial charge in [-0.2, -0.15) is 0 Å². The summed E-state index contributed by atoms with van der Waals surface area (Å²) in [7, 11) is 0. The fourth-order valence-electron chi connectivity index (χ4n) is 1.14. The van der Waals surface area contributed by atoms with Crippen LogP contribution in [0, 0.1) is 0 Å². The van der Waals surface area contributed by atoms with Crippen LogP contribution >= 0.6 is 11.6 Å². The third-order valence-electron chi connectivity index (χ3n) is 1.96. The molecule has 0 bridgehead atoms. The maximum atomic E-state index is 11.3. The largest absolute Gasteiger partial charge is 0.348 e. The summed E-state index contributed by atoms with van der Waals surface area (Å²) in [5, 5.41) is 3.42. The van der Waals surface area contributed by atoms with Gasteiger partial charge >= 0.3 is 0 Å². The van der Waals surface area contributed by atoms with Gasteiger partial charge in [-0.1, -0.05) is 48.0 Å². The number of amides is 1. The summed E-state index contributed by atoms with van der Waals surface area (Å²) >= 11 is 5.95. The normalized spacial score (nSPS) is 11.1. The van der Waals surface area contributed by atoms with Gasteiger partial charge in [0.25, 0.3) is 0 Å². The molecule has 0 aromatic heterocycles. The lowest BCUT2D eigenvalue weighted by Crippen LogP contribution is -2.20. The van der Waals surface area contributed by atoms with Crippen molar-refractivity contribution in [1.82, 2.24) is 5.32 Å². The smallest absolute Gasteiger partial charge is 0.244 e. The van der Waals surface area contributed by atoms with Crippen LogP contribution in [0.3, 0.4) is 0 Å². The number of halogens is 1. The van der Waals surface area contributed by atoms with E-state index in [-0.39, 0.29) is 5.91 Å². The molecule has 1 rings (SSSR count). The molecule has 1 aromatic rings. The van der Waals surface area contributed by atoms with Gasteiger partial charge < -0.3 is 5.32 Å². The van der Waals surface area contributed by atoms with Gasteiger partial charge in [0.15, 0.2) is 0 Å². The first-order valence-corrected chi connectivity index (χ1v) is 5.42. The second kappa shape index (κ2) is 6.85. The van der Waals surface area contributed by atoms with Crippen molar-refractivity contribution in [3.05, 3.63) is 59.2 Å². The number of carbonyl (C=O) groups is 1. The molecule has 2 nitrogen and oxygen atoms in total. The van der Waals surface area contributed by atoms with Crippen LogP contribution in [0.25, 0.3) is 0 Å². The van der Waals surface area contributed by atoms with Crippen molar-refractivity contribution in [1.29, 1.82) is 0 Å². The minimum atomic E-state index is -0.127. The van der Waals surface area contributed by atoms with Crippen LogP contribution in [0.5, 0.6) is 0 Å². The third kappa shape index (κ3) is 4.32. The molecule has 0 aliphatic heterocycles. The number of hydrogen-bond donors (Lipinski definition) is 1. The van der Waals surface area contributed by atoms with E-state index in [2.05, 4.69) is 5.32 Å².